The fraction of sp³-hybridized carbons (Fsp3) is 0.455. The number of urea groups is 2. The molecule has 0 spiro atoms. The summed E-state index contributed by atoms with van der Waals surface area (Å²) in [4.78, 5) is 39.7. The van der Waals surface area contributed by atoms with Gasteiger partial charge in [0.1, 0.15) is 6.04 Å². The summed E-state index contributed by atoms with van der Waals surface area (Å²) in [5, 5.41) is 6.50. The number of anilines is 1. The number of aromatic nitrogens is 1. The average molecular weight is 315 g/mol. The van der Waals surface area contributed by atoms with E-state index in [1.165, 1.54) is 21.2 Å². The smallest absolute Gasteiger partial charge is 0.331 e. The number of esters is 1. The zero-order valence-electron chi connectivity index (χ0n) is 11.9. The molecule has 0 saturated heterocycles. The first kappa shape index (κ1) is 16.9. The lowest BCUT2D eigenvalue weighted by atomic mass is 10.2. The Morgan fingerprint density at radius 2 is 1.95 bits per heavy atom. The second-order valence-electron chi connectivity index (χ2n) is 3.90. The normalized spacial score (nSPS) is 11.4. The topological polar surface area (TPSA) is 127 Å². The molecule has 4 N–H and O–H groups in total. The Morgan fingerprint density at radius 1 is 1.38 bits per heavy atom. The predicted molar refractivity (Wildman–Crippen MR) is 77.2 cm³/mol. The van der Waals surface area contributed by atoms with Crippen LogP contribution in [0.5, 0.6) is 0 Å². The molecule has 1 heterocycles. The molecule has 0 bridgehead atoms. The zero-order chi connectivity index (χ0) is 16.0. The Hall–Kier alpha value is -2.20. The van der Waals surface area contributed by atoms with Crippen molar-refractivity contribution in [3.05, 3.63) is 11.1 Å². The molecule has 1 aromatic rings. The Kier molecular flexibility index (Phi) is 6.06. The second kappa shape index (κ2) is 7.55. The van der Waals surface area contributed by atoms with Gasteiger partial charge in [0.05, 0.1) is 12.8 Å². The number of nitrogens with one attached hydrogen (secondary N) is 2. The number of nitrogens with two attached hydrogens (primary N) is 1. The fourth-order valence-electron chi connectivity index (χ4n) is 1.44. The molecule has 4 amide bonds. The van der Waals surface area contributed by atoms with E-state index in [1.807, 2.05) is 0 Å². The first-order valence-electron chi connectivity index (χ1n) is 5.96. The van der Waals surface area contributed by atoms with Gasteiger partial charge < -0.3 is 21.1 Å². The summed E-state index contributed by atoms with van der Waals surface area (Å²) in [5.74, 6) is -0.556. The van der Waals surface area contributed by atoms with E-state index in [2.05, 4.69) is 20.4 Å². The van der Waals surface area contributed by atoms with Gasteiger partial charge in [0.2, 0.25) is 5.13 Å². The molecule has 9 nitrogen and oxygen atoms in total. The molecular formula is C11H17N5O4S. The number of rotatable bonds is 4. The van der Waals surface area contributed by atoms with Crippen LogP contribution in [-0.2, 0) is 16.0 Å². The van der Waals surface area contributed by atoms with E-state index < -0.39 is 24.1 Å². The summed E-state index contributed by atoms with van der Waals surface area (Å²) in [6.45, 7) is 0. The number of methoxy groups -OCH3 is 1. The summed E-state index contributed by atoms with van der Waals surface area (Å²) in [7, 11) is 4.05. The second-order valence-corrected chi connectivity index (χ2v) is 4.74. The van der Waals surface area contributed by atoms with Crippen molar-refractivity contribution in [3.8, 4) is 0 Å². The van der Waals surface area contributed by atoms with Gasteiger partial charge in [-0.05, 0) is 0 Å². The van der Waals surface area contributed by atoms with Crippen LogP contribution in [0.15, 0.2) is 5.38 Å². The summed E-state index contributed by atoms with van der Waals surface area (Å²) in [5.41, 5.74) is 6.13. The van der Waals surface area contributed by atoms with Crippen molar-refractivity contribution in [2.24, 2.45) is 5.73 Å². The molecule has 0 aromatic carbocycles. The number of amides is 4. The van der Waals surface area contributed by atoms with Gasteiger partial charge in [-0.15, -0.1) is 11.3 Å². The number of hydrogen-bond donors (Lipinski definition) is 3. The Morgan fingerprint density at radius 3 is 2.43 bits per heavy atom. The van der Waals surface area contributed by atoms with E-state index in [9.17, 15) is 14.4 Å². The molecule has 1 unspecified atom stereocenters. The number of nitrogens with zero attached hydrogens (tertiary/aromatic N) is 2. The molecule has 0 aliphatic carbocycles. The van der Waals surface area contributed by atoms with Gasteiger partial charge in [0, 0.05) is 25.9 Å². The molecule has 0 aliphatic heterocycles. The van der Waals surface area contributed by atoms with Crippen LogP contribution in [-0.4, -0.2) is 50.3 Å². The van der Waals surface area contributed by atoms with Crippen LogP contribution >= 0.6 is 11.3 Å². The van der Waals surface area contributed by atoms with Crippen molar-refractivity contribution in [2.45, 2.75) is 12.5 Å². The largest absolute Gasteiger partial charge is 0.468 e. The highest BCUT2D eigenvalue weighted by Gasteiger charge is 2.25. The summed E-state index contributed by atoms with van der Waals surface area (Å²) in [6.07, 6.45) is 0.151. The molecule has 0 radical (unpaired) electrons. The van der Waals surface area contributed by atoms with Crippen molar-refractivity contribution >= 4 is 34.5 Å². The summed E-state index contributed by atoms with van der Waals surface area (Å²) >= 11 is 1.09. The van der Waals surface area contributed by atoms with Crippen LogP contribution in [0.3, 0.4) is 0 Å². The number of carbonyl (C=O) groups excluding carboxylic acids is 3. The summed E-state index contributed by atoms with van der Waals surface area (Å²) < 4.78 is 4.52. The minimum Gasteiger partial charge on any atom is -0.468 e. The highest BCUT2D eigenvalue weighted by atomic mass is 32.1. The average Bonchev–Trinajstić information content (AvgIpc) is 2.93. The van der Waals surface area contributed by atoms with Gasteiger partial charge in [-0.25, -0.2) is 14.6 Å². The number of ether oxygens (including phenoxy) is 1. The van der Waals surface area contributed by atoms with Crippen molar-refractivity contribution in [1.82, 2.24) is 15.6 Å². The first-order valence-corrected chi connectivity index (χ1v) is 6.83. The maximum Gasteiger partial charge on any atom is 0.331 e. The minimum absolute atomic E-state index is 0.151. The molecule has 0 aliphatic rings. The third-order valence-corrected chi connectivity index (χ3v) is 3.37. The maximum absolute atomic E-state index is 11.7. The van der Waals surface area contributed by atoms with Crippen LogP contribution < -0.4 is 21.3 Å². The van der Waals surface area contributed by atoms with Gasteiger partial charge >= 0.3 is 18.0 Å². The minimum atomic E-state index is -0.849. The van der Waals surface area contributed by atoms with E-state index >= 15 is 0 Å². The highest BCUT2D eigenvalue weighted by Crippen LogP contribution is 2.21. The van der Waals surface area contributed by atoms with Crippen molar-refractivity contribution in [3.63, 3.8) is 0 Å². The quantitative estimate of drug-likeness (QED) is 0.653. The molecular weight excluding hydrogens is 298 g/mol. The maximum atomic E-state index is 11.7. The van der Waals surface area contributed by atoms with Gasteiger partial charge in [-0.2, -0.15) is 4.90 Å². The molecule has 21 heavy (non-hydrogen) atoms. The van der Waals surface area contributed by atoms with Gasteiger partial charge in [0.15, 0.2) is 0 Å². The Labute approximate surface area is 125 Å². The number of hydrogen-bond acceptors (Lipinski definition) is 7. The molecule has 0 saturated carbocycles. The third-order valence-electron chi connectivity index (χ3n) is 2.50. The lowest BCUT2D eigenvalue weighted by Crippen LogP contribution is -2.46. The lowest BCUT2D eigenvalue weighted by Gasteiger charge is -2.16. The Bertz CT molecular complexity index is 516. The molecule has 10 heteroatoms. The van der Waals surface area contributed by atoms with E-state index in [0.717, 1.165) is 16.2 Å². The number of thiazole rings is 1. The number of imide groups is 1. The van der Waals surface area contributed by atoms with Gasteiger partial charge in [0.25, 0.3) is 0 Å². The molecule has 1 rings (SSSR count). The molecule has 1 atom stereocenters. The van der Waals surface area contributed by atoms with Crippen LogP contribution in [0.25, 0.3) is 0 Å². The number of carbonyl (C=O) groups is 3. The van der Waals surface area contributed by atoms with E-state index in [1.54, 1.807) is 5.38 Å². The lowest BCUT2D eigenvalue weighted by molar-refractivity contribution is -0.142. The van der Waals surface area contributed by atoms with Gasteiger partial charge in [-0.3, -0.25) is 4.79 Å². The van der Waals surface area contributed by atoms with Crippen LogP contribution in [0.1, 0.15) is 5.69 Å². The predicted octanol–water partition coefficient (Wildman–Crippen LogP) is -0.329. The fourth-order valence-corrected chi connectivity index (χ4v) is 2.27. The van der Waals surface area contributed by atoms with E-state index in [0.29, 0.717) is 5.69 Å². The van der Waals surface area contributed by atoms with Crippen molar-refractivity contribution in [1.29, 1.82) is 0 Å². The standard InChI is InChI=1S/C11H17N5O4S/c1-13-9(18)16(10(19)14-2)11-15-6(5-21-11)4-7(12)8(17)20-3/h5,7H,4,12H2,1-3H3,(H,13,18)(H,14,19). The molecule has 116 valence electrons. The third kappa shape index (κ3) is 4.13. The van der Waals surface area contributed by atoms with E-state index in [-0.39, 0.29) is 11.6 Å². The van der Waals surface area contributed by atoms with Crippen LogP contribution in [0.2, 0.25) is 0 Å². The van der Waals surface area contributed by atoms with Crippen LogP contribution in [0.4, 0.5) is 14.7 Å². The van der Waals surface area contributed by atoms with Crippen LogP contribution in [0, 0.1) is 0 Å². The van der Waals surface area contributed by atoms with E-state index in [4.69, 9.17) is 5.73 Å². The first-order chi connectivity index (χ1) is 9.94. The molecule has 0 fully saturated rings. The van der Waals surface area contributed by atoms with Crippen molar-refractivity contribution < 1.29 is 19.1 Å². The highest BCUT2D eigenvalue weighted by molar-refractivity contribution is 7.14. The SMILES string of the molecule is CNC(=O)N(C(=O)NC)c1nc(CC(N)C(=O)OC)cs1. The Balaban J connectivity index is 2.91. The van der Waals surface area contributed by atoms with Gasteiger partial charge in [-0.1, -0.05) is 0 Å². The zero-order valence-corrected chi connectivity index (χ0v) is 12.7. The molecule has 1 aromatic heterocycles. The summed E-state index contributed by atoms with van der Waals surface area (Å²) in [6, 6.07) is -2.08. The van der Waals surface area contributed by atoms with Crippen molar-refractivity contribution in [2.75, 3.05) is 26.1 Å². The monoisotopic (exact) mass is 315 g/mol.